The third kappa shape index (κ3) is 4.43. The first-order valence-corrected chi connectivity index (χ1v) is 9.33. The Bertz CT molecular complexity index is 1030. The van der Waals surface area contributed by atoms with Gasteiger partial charge in [-0.15, -0.1) is 0 Å². The second-order valence-corrected chi connectivity index (χ2v) is 6.76. The molecule has 0 saturated heterocycles. The van der Waals surface area contributed by atoms with Gasteiger partial charge in [0.15, 0.2) is 0 Å². The van der Waals surface area contributed by atoms with Crippen molar-refractivity contribution in [1.29, 1.82) is 0 Å². The number of nitrogens with one attached hydrogen (secondary N) is 1. The van der Waals surface area contributed by atoms with Crippen LogP contribution in [0.15, 0.2) is 65.5 Å². The lowest BCUT2D eigenvalue weighted by atomic mass is 10.1. The second-order valence-electron chi connectivity index (χ2n) is 6.33. The van der Waals surface area contributed by atoms with E-state index in [-0.39, 0.29) is 18.0 Å². The van der Waals surface area contributed by atoms with Gasteiger partial charge in [-0.25, -0.2) is 0 Å². The number of carbonyl (C=O) groups is 1. The molecule has 0 bridgehead atoms. The minimum absolute atomic E-state index is 0.0853. The zero-order valence-electron chi connectivity index (χ0n) is 15.7. The highest BCUT2D eigenvalue weighted by Crippen LogP contribution is 2.24. The summed E-state index contributed by atoms with van der Waals surface area (Å²) in [6.07, 6.45) is 0. The molecule has 6 heteroatoms. The average molecular weight is 397 g/mol. The van der Waals surface area contributed by atoms with Crippen LogP contribution in [-0.4, -0.2) is 29.4 Å². The van der Waals surface area contributed by atoms with E-state index >= 15 is 0 Å². The second kappa shape index (κ2) is 8.76. The first kappa shape index (κ1) is 19.7. The zero-order valence-corrected chi connectivity index (χ0v) is 16.5. The fourth-order valence-corrected chi connectivity index (χ4v) is 3.12. The summed E-state index contributed by atoms with van der Waals surface area (Å²) < 4.78 is 5.60. The van der Waals surface area contributed by atoms with Gasteiger partial charge in [-0.2, -0.15) is 0 Å². The number of benzene rings is 2. The van der Waals surface area contributed by atoms with E-state index in [1.54, 1.807) is 37.4 Å². The number of aromatic amines is 1. The molecule has 1 amide bonds. The minimum atomic E-state index is -0.422. The summed E-state index contributed by atoms with van der Waals surface area (Å²) in [6, 6.07) is 18.1. The Balaban J connectivity index is 1.82. The van der Waals surface area contributed by atoms with Crippen molar-refractivity contribution >= 4 is 17.5 Å². The Kier molecular flexibility index (Phi) is 6.16. The van der Waals surface area contributed by atoms with Gasteiger partial charge in [0.2, 0.25) is 0 Å². The summed E-state index contributed by atoms with van der Waals surface area (Å²) >= 11 is 6.08. The number of hydrogen-bond acceptors (Lipinski definition) is 3. The van der Waals surface area contributed by atoms with Gasteiger partial charge in [0, 0.05) is 29.9 Å². The number of pyridine rings is 1. The van der Waals surface area contributed by atoms with E-state index in [1.807, 2.05) is 37.3 Å². The van der Waals surface area contributed by atoms with Crippen LogP contribution >= 0.6 is 11.6 Å². The molecule has 1 N–H and O–H groups in total. The van der Waals surface area contributed by atoms with Crippen molar-refractivity contribution in [2.45, 2.75) is 13.5 Å². The third-order valence-corrected chi connectivity index (χ3v) is 4.54. The molecule has 0 aliphatic rings. The predicted molar refractivity (Wildman–Crippen MR) is 111 cm³/mol. The van der Waals surface area contributed by atoms with Crippen LogP contribution in [0.5, 0.6) is 5.75 Å². The van der Waals surface area contributed by atoms with Gasteiger partial charge in [-0.05, 0) is 42.8 Å². The van der Waals surface area contributed by atoms with Gasteiger partial charge >= 0.3 is 0 Å². The van der Waals surface area contributed by atoms with Crippen LogP contribution in [0.1, 0.15) is 22.8 Å². The van der Waals surface area contributed by atoms with Gasteiger partial charge in [0.05, 0.1) is 6.61 Å². The number of amides is 1. The Hall–Kier alpha value is -3.05. The zero-order chi connectivity index (χ0) is 20.1. The molecule has 0 fully saturated rings. The Morgan fingerprint density at radius 1 is 1.11 bits per heavy atom. The molecular formula is C22H21ClN2O3. The summed E-state index contributed by atoms with van der Waals surface area (Å²) in [5.74, 6) is 0.295. The molecule has 0 saturated carbocycles. The number of nitrogens with zero attached hydrogens (tertiary/aromatic N) is 1. The molecular weight excluding hydrogens is 376 g/mol. The molecule has 28 heavy (non-hydrogen) atoms. The van der Waals surface area contributed by atoms with E-state index in [2.05, 4.69) is 4.98 Å². The maximum absolute atomic E-state index is 12.8. The van der Waals surface area contributed by atoms with Gasteiger partial charge in [0.25, 0.3) is 11.5 Å². The molecule has 3 rings (SSSR count). The van der Waals surface area contributed by atoms with Crippen molar-refractivity contribution in [1.82, 2.24) is 9.88 Å². The molecule has 1 heterocycles. The molecule has 0 aliphatic heterocycles. The van der Waals surface area contributed by atoms with Crippen molar-refractivity contribution in [3.63, 3.8) is 0 Å². The van der Waals surface area contributed by atoms with Crippen LogP contribution < -0.4 is 10.3 Å². The smallest absolute Gasteiger partial charge is 0.261 e. The molecule has 0 aliphatic carbocycles. The average Bonchev–Trinajstić information content (AvgIpc) is 2.70. The van der Waals surface area contributed by atoms with Crippen molar-refractivity contribution < 1.29 is 9.53 Å². The van der Waals surface area contributed by atoms with Crippen LogP contribution in [0.25, 0.3) is 11.3 Å². The lowest BCUT2D eigenvalue weighted by molar-refractivity contribution is 0.0782. The van der Waals surface area contributed by atoms with Crippen molar-refractivity contribution in [2.24, 2.45) is 0 Å². The number of aromatic nitrogens is 1. The Morgan fingerprint density at radius 3 is 2.54 bits per heavy atom. The van der Waals surface area contributed by atoms with E-state index in [1.165, 1.54) is 4.90 Å². The standard InChI is InChI=1S/C22H21ClN2O3/c1-3-28-20-12-9-17(23)13-16(20)14-25(2)22(27)18-10-11-19(24-21(18)26)15-7-5-4-6-8-15/h4-13H,3,14H2,1-2H3,(H,24,26). The Labute approximate surface area is 168 Å². The monoisotopic (exact) mass is 396 g/mol. The molecule has 1 aromatic heterocycles. The highest BCUT2D eigenvalue weighted by atomic mass is 35.5. The fourth-order valence-electron chi connectivity index (χ4n) is 2.93. The first-order chi connectivity index (χ1) is 13.5. The lowest BCUT2D eigenvalue weighted by Crippen LogP contribution is -2.31. The van der Waals surface area contributed by atoms with Crippen LogP contribution in [0.2, 0.25) is 5.02 Å². The molecule has 3 aromatic rings. The summed E-state index contributed by atoms with van der Waals surface area (Å²) in [6.45, 7) is 2.67. The Morgan fingerprint density at radius 2 is 1.86 bits per heavy atom. The number of H-pyrrole nitrogens is 1. The molecule has 0 spiro atoms. The molecule has 144 valence electrons. The maximum Gasteiger partial charge on any atom is 0.261 e. The minimum Gasteiger partial charge on any atom is -0.494 e. The maximum atomic E-state index is 12.8. The fraction of sp³-hybridized carbons (Fsp3) is 0.182. The van der Waals surface area contributed by atoms with Gasteiger partial charge in [-0.3, -0.25) is 9.59 Å². The van der Waals surface area contributed by atoms with E-state index in [0.29, 0.717) is 23.1 Å². The first-order valence-electron chi connectivity index (χ1n) is 8.95. The SMILES string of the molecule is CCOc1ccc(Cl)cc1CN(C)C(=O)c1ccc(-c2ccccc2)[nH]c1=O. The highest BCUT2D eigenvalue weighted by Gasteiger charge is 2.18. The van der Waals surface area contributed by atoms with Gasteiger partial charge in [-0.1, -0.05) is 41.9 Å². The lowest BCUT2D eigenvalue weighted by Gasteiger charge is -2.19. The van der Waals surface area contributed by atoms with Gasteiger partial charge < -0.3 is 14.6 Å². The number of hydrogen-bond donors (Lipinski definition) is 1. The quantitative estimate of drug-likeness (QED) is 0.673. The number of carbonyl (C=O) groups excluding carboxylic acids is 1. The van der Waals surface area contributed by atoms with Crippen molar-refractivity contribution in [3.05, 3.63) is 87.2 Å². The van der Waals surface area contributed by atoms with Gasteiger partial charge in [0.1, 0.15) is 11.3 Å². The van der Waals surface area contributed by atoms with E-state index in [0.717, 1.165) is 11.1 Å². The predicted octanol–water partition coefficient (Wildman–Crippen LogP) is 4.37. The van der Waals surface area contributed by atoms with E-state index in [9.17, 15) is 9.59 Å². The van der Waals surface area contributed by atoms with Crippen LogP contribution in [0.3, 0.4) is 0 Å². The topological polar surface area (TPSA) is 62.4 Å². The number of halogens is 1. The molecule has 0 radical (unpaired) electrons. The highest BCUT2D eigenvalue weighted by molar-refractivity contribution is 6.30. The van der Waals surface area contributed by atoms with E-state index in [4.69, 9.17) is 16.3 Å². The summed E-state index contributed by atoms with van der Waals surface area (Å²) in [5.41, 5.74) is 1.99. The molecule has 5 nitrogen and oxygen atoms in total. The van der Waals surface area contributed by atoms with E-state index < -0.39 is 5.56 Å². The van der Waals surface area contributed by atoms with Crippen LogP contribution in [0.4, 0.5) is 0 Å². The van der Waals surface area contributed by atoms with Crippen LogP contribution in [-0.2, 0) is 6.54 Å². The molecule has 0 atom stereocenters. The summed E-state index contributed by atoms with van der Waals surface area (Å²) in [4.78, 5) is 29.5. The molecule has 0 unspecified atom stereocenters. The van der Waals surface area contributed by atoms with Crippen molar-refractivity contribution in [2.75, 3.05) is 13.7 Å². The van der Waals surface area contributed by atoms with Crippen LogP contribution in [0, 0.1) is 0 Å². The molecule has 2 aromatic carbocycles. The normalized spacial score (nSPS) is 10.5. The largest absolute Gasteiger partial charge is 0.494 e. The summed E-state index contributed by atoms with van der Waals surface area (Å²) in [5, 5.41) is 0.560. The third-order valence-electron chi connectivity index (χ3n) is 4.30. The number of ether oxygens (including phenoxy) is 1. The summed E-state index contributed by atoms with van der Waals surface area (Å²) in [7, 11) is 1.64. The van der Waals surface area contributed by atoms with Crippen molar-refractivity contribution in [3.8, 4) is 17.0 Å². The number of rotatable bonds is 6.